The van der Waals surface area contributed by atoms with Gasteiger partial charge in [0, 0.05) is 37.5 Å². The first-order chi connectivity index (χ1) is 14.7. The van der Waals surface area contributed by atoms with E-state index in [2.05, 4.69) is 5.32 Å². The van der Waals surface area contributed by atoms with Gasteiger partial charge in [0.25, 0.3) is 5.91 Å². The van der Waals surface area contributed by atoms with Gasteiger partial charge in [-0.15, -0.1) is 0 Å². The molecule has 0 aromatic heterocycles. The number of alkyl halides is 2. The molecule has 2 aliphatic rings. The van der Waals surface area contributed by atoms with E-state index in [0.29, 0.717) is 24.9 Å². The fraction of sp³-hybridized carbons (Fsp3) is 0.417. The highest BCUT2D eigenvalue weighted by Gasteiger charge is 2.50. The summed E-state index contributed by atoms with van der Waals surface area (Å²) in [4.78, 5) is 26.2. The lowest BCUT2D eigenvalue weighted by molar-refractivity contribution is -0.162. The molecule has 1 N–H and O–H groups in total. The number of aryl methyl sites for hydroxylation is 1. The second kappa shape index (κ2) is 8.02. The summed E-state index contributed by atoms with van der Waals surface area (Å²) in [6, 6.07) is 12.2. The standard InChI is InChI=1S/C24H25F3N2O2/c1-16-4-2-3-5-19(16)24(26,27)22(31)29-12-10-23(11-13-29)14-21(30)28-15-20(23)17-6-8-18(25)9-7-17/h2-9,20H,10-15H2,1H3,(H,28,30). The summed E-state index contributed by atoms with van der Waals surface area (Å²) in [5.74, 6) is -5.27. The number of carbonyl (C=O) groups is 2. The zero-order valence-electron chi connectivity index (χ0n) is 17.3. The summed E-state index contributed by atoms with van der Waals surface area (Å²) in [5.41, 5.74) is 0.567. The lowest BCUT2D eigenvalue weighted by atomic mass is 9.62. The number of benzene rings is 2. The van der Waals surface area contributed by atoms with Crippen LogP contribution in [0.1, 0.15) is 41.9 Å². The topological polar surface area (TPSA) is 49.4 Å². The summed E-state index contributed by atoms with van der Waals surface area (Å²) in [7, 11) is 0. The third-order valence-corrected chi connectivity index (χ3v) is 6.83. The second-order valence-electron chi connectivity index (χ2n) is 8.63. The zero-order chi connectivity index (χ0) is 22.2. The quantitative estimate of drug-likeness (QED) is 0.796. The van der Waals surface area contributed by atoms with Gasteiger partial charge < -0.3 is 10.2 Å². The largest absolute Gasteiger partial charge is 0.355 e. The van der Waals surface area contributed by atoms with Crippen molar-refractivity contribution in [3.63, 3.8) is 0 Å². The second-order valence-corrected chi connectivity index (χ2v) is 8.63. The monoisotopic (exact) mass is 430 g/mol. The van der Waals surface area contributed by atoms with Crippen LogP contribution in [0.5, 0.6) is 0 Å². The maximum absolute atomic E-state index is 15.0. The van der Waals surface area contributed by atoms with Gasteiger partial charge in [-0.3, -0.25) is 9.59 Å². The van der Waals surface area contributed by atoms with Crippen LogP contribution in [0.2, 0.25) is 0 Å². The number of hydrogen-bond donors (Lipinski definition) is 1. The average Bonchev–Trinajstić information content (AvgIpc) is 2.75. The van der Waals surface area contributed by atoms with Crippen molar-refractivity contribution in [3.8, 4) is 0 Å². The Bertz CT molecular complexity index is 983. The van der Waals surface area contributed by atoms with Crippen molar-refractivity contribution in [2.45, 2.75) is 38.0 Å². The molecule has 2 amide bonds. The van der Waals surface area contributed by atoms with Gasteiger partial charge in [0.05, 0.1) is 0 Å². The fourth-order valence-electron chi connectivity index (χ4n) is 5.02. The molecule has 2 fully saturated rings. The molecule has 0 bridgehead atoms. The zero-order valence-corrected chi connectivity index (χ0v) is 17.3. The first-order valence-corrected chi connectivity index (χ1v) is 10.5. The third kappa shape index (κ3) is 3.93. The SMILES string of the molecule is Cc1ccccc1C(F)(F)C(=O)N1CCC2(CC1)CC(=O)NCC2c1ccc(F)cc1. The van der Waals surface area contributed by atoms with Gasteiger partial charge in [-0.05, 0) is 48.4 Å². The van der Waals surface area contributed by atoms with Gasteiger partial charge in [0.1, 0.15) is 5.82 Å². The van der Waals surface area contributed by atoms with E-state index in [4.69, 9.17) is 0 Å². The summed E-state index contributed by atoms with van der Waals surface area (Å²) in [6.45, 7) is 2.30. The number of halogens is 3. The Balaban J connectivity index is 1.54. The van der Waals surface area contributed by atoms with Gasteiger partial charge in [0.2, 0.25) is 5.91 Å². The molecule has 1 spiro atoms. The number of nitrogens with zero attached hydrogens (tertiary/aromatic N) is 1. The maximum Gasteiger partial charge on any atom is 0.350 e. The first-order valence-electron chi connectivity index (χ1n) is 10.5. The molecule has 2 heterocycles. The van der Waals surface area contributed by atoms with Gasteiger partial charge in [0.15, 0.2) is 0 Å². The van der Waals surface area contributed by atoms with E-state index < -0.39 is 17.2 Å². The van der Waals surface area contributed by atoms with Crippen molar-refractivity contribution in [2.24, 2.45) is 5.41 Å². The van der Waals surface area contributed by atoms with E-state index in [1.54, 1.807) is 31.2 Å². The highest BCUT2D eigenvalue weighted by atomic mass is 19.3. The van der Waals surface area contributed by atoms with Gasteiger partial charge in [-0.25, -0.2) is 4.39 Å². The predicted molar refractivity (Wildman–Crippen MR) is 110 cm³/mol. The molecule has 0 saturated carbocycles. The maximum atomic E-state index is 15.0. The number of piperidine rings is 2. The molecule has 2 aromatic rings. The van der Waals surface area contributed by atoms with Crippen molar-refractivity contribution in [2.75, 3.05) is 19.6 Å². The first kappa shape index (κ1) is 21.4. The van der Waals surface area contributed by atoms with Crippen LogP contribution in [-0.4, -0.2) is 36.3 Å². The Morgan fingerprint density at radius 2 is 1.74 bits per heavy atom. The Morgan fingerprint density at radius 3 is 2.39 bits per heavy atom. The predicted octanol–water partition coefficient (Wildman–Crippen LogP) is 4.14. The molecule has 2 aliphatic heterocycles. The highest BCUT2D eigenvalue weighted by Crippen LogP contribution is 2.49. The van der Waals surface area contributed by atoms with Crippen molar-refractivity contribution in [3.05, 3.63) is 71.0 Å². The molecule has 4 rings (SSSR count). The molecular formula is C24H25F3N2O2. The van der Waals surface area contributed by atoms with E-state index in [1.807, 2.05) is 0 Å². The molecule has 2 saturated heterocycles. The van der Waals surface area contributed by atoms with Crippen LogP contribution in [0.3, 0.4) is 0 Å². The minimum absolute atomic E-state index is 0.0556. The minimum Gasteiger partial charge on any atom is -0.355 e. The average molecular weight is 430 g/mol. The molecular weight excluding hydrogens is 405 g/mol. The fourth-order valence-corrected chi connectivity index (χ4v) is 5.02. The van der Waals surface area contributed by atoms with E-state index >= 15 is 0 Å². The molecule has 2 aromatic carbocycles. The Hall–Kier alpha value is -2.83. The van der Waals surface area contributed by atoms with Crippen LogP contribution in [-0.2, 0) is 15.5 Å². The number of hydrogen-bond acceptors (Lipinski definition) is 2. The third-order valence-electron chi connectivity index (χ3n) is 6.83. The van der Waals surface area contributed by atoms with Gasteiger partial charge in [-0.1, -0.05) is 36.4 Å². The number of nitrogens with one attached hydrogen (secondary N) is 1. The van der Waals surface area contributed by atoms with Crippen LogP contribution in [0.4, 0.5) is 13.2 Å². The summed E-state index contributed by atoms with van der Waals surface area (Å²) in [6.07, 6.45) is 1.15. The summed E-state index contributed by atoms with van der Waals surface area (Å²) in [5, 5.41) is 2.87. The molecule has 0 radical (unpaired) electrons. The smallest absolute Gasteiger partial charge is 0.350 e. The molecule has 1 atom stereocenters. The number of likely N-dealkylation sites (tertiary alicyclic amines) is 1. The number of rotatable bonds is 3. The van der Waals surface area contributed by atoms with Crippen molar-refractivity contribution in [1.29, 1.82) is 0 Å². The molecule has 4 nitrogen and oxygen atoms in total. The van der Waals surface area contributed by atoms with Crippen LogP contribution < -0.4 is 5.32 Å². The van der Waals surface area contributed by atoms with Crippen molar-refractivity contribution >= 4 is 11.8 Å². The van der Waals surface area contributed by atoms with Crippen molar-refractivity contribution in [1.82, 2.24) is 10.2 Å². The molecule has 0 aliphatic carbocycles. The molecule has 31 heavy (non-hydrogen) atoms. The van der Waals surface area contributed by atoms with Crippen LogP contribution >= 0.6 is 0 Å². The number of amides is 2. The molecule has 7 heteroatoms. The summed E-state index contributed by atoms with van der Waals surface area (Å²) >= 11 is 0. The lowest BCUT2D eigenvalue weighted by Gasteiger charge is -2.49. The minimum atomic E-state index is -3.60. The molecule has 1 unspecified atom stereocenters. The number of carbonyl (C=O) groups excluding carboxylic acids is 2. The van der Waals surface area contributed by atoms with Crippen LogP contribution in [0.15, 0.2) is 48.5 Å². The van der Waals surface area contributed by atoms with Gasteiger partial charge in [-0.2, -0.15) is 8.78 Å². The molecule has 164 valence electrons. The highest BCUT2D eigenvalue weighted by molar-refractivity contribution is 5.85. The van der Waals surface area contributed by atoms with E-state index in [9.17, 15) is 22.8 Å². The lowest BCUT2D eigenvalue weighted by Crippen LogP contribution is -2.54. The van der Waals surface area contributed by atoms with E-state index in [-0.39, 0.29) is 42.7 Å². The van der Waals surface area contributed by atoms with E-state index in [0.717, 1.165) is 5.56 Å². The van der Waals surface area contributed by atoms with E-state index in [1.165, 1.54) is 29.2 Å². The Labute approximate surface area is 179 Å². The Morgan fingerprint density at radius 1 is 1.10 bits per heavy atom. The van der Waals surface area contributed by atoms with Crippen LogP contribution in [0, 0.1) is 18.2 Å². The van der Waals surface area contributed by atoms with Gasteiger partial charge >= 0.3 is 5.92 Å². The summed E-state index contributed by atoms with van der Waals surface area (Å²) < 4.78 is 43.3. The van der Waals surface area contributed by atoms with Crippen LogP contribution in [0.25, 0.3) is 0 Å². The normalized spacial score (nSPS) is 21.1. The Kier molecular flexibility index (Phi) is 5.54. The van der Waals surface area contributed by atoms with Crippen molar-refractivity contribution < 1.29 is 22.8 Å².